The molecule has 0 aliphatic rings. The molecule has 98 valence electrons. The molecule has 0 aliphatic carbocycles. The van der Waals surface area contributed by atoms with Crippen LogP contribution in [0, 0.1) is 6.92 Å². The molecule has 0 spiro atoms. The van der Waals surface area contributed by atoms with Gasteiger partial charge in [-0.15, -0.1) is 0 Å². The van der Waals surface area contributed by atoms with E-state index in [9.17, 15) is 4.79 Å². The predicted octanol–water partition coefficient (Wildman–Crippen LogP) is 3.58. The van der Waals surface area contributed by atoms with Crippen LogP contribution in [0.15, 0.2) is 42.5 Å². The van der Waals surface area contributed by atoms with Crippen LogP contribution in [0.1, 0.15) is 15.9 Å². The Balaban J connectivity index is 2.41. The highest BCUT2D eigenvalue weighted by molar-refractivity contribution is 5.79. The Morgan fingerprint density at radius 3 is 2.53 bits per heavy atom. The maximum Gasteiger partial charge on any atom is 0.150 e. The lowest BCUT2D eigenvalue weighted by Crippen LogP contribution is -2.11. The number of aryl methyl sites for hydroxylation is 1. The summed E-state index contributed by atoms with van der Waals surface area (Å²) in [6.07, 6.45) is 0.877. The van der Waals surface area contributed by atoms with Crippen LogP contribution in [0.5, 0.6) is 5.75 Å². The Kier molecular flexibility index (Phi) is 3.85. The van der Waals surface area contributed by atoms with Crippen molar-refractivity contribution in [1.82, 2.24) is 0 Å². The fourth-order valence-corrected chi connectivity index (χ4v) is 2.05. The number of rotatable bonds is 4. The maximum atomic E-state index is 10.8. The Labute approximate surface area is 113 Å². The lowest BCUT2D eigenvalue weighted by Gasteiger charge is -2.22. The number of carbonyl (C=O) groups is 1. The zero-order valence-electron chi connectivity index (χ0n) is 11.4. The topological polar surface area (TPSA) is 29.5 Å². The minimum atomic E-state index is 0.720. The highest BCUT2D eigenvalue weighted by atomic mass is 16.5. The first-order valence-corrected chi connectivity index (χ1v) is 6.10. The van der Waals surface area contributed by atoms with E-state index in [0.29, 0.717) is 0 Å². The number of anilines is 2. The van der Waals surface area contributed by atoms with E-state index in [1.165, 1.54) is 0 Å². The van der Waals surface area contributed by atoms with Crippen LogP contribution in [0.3, 0.4) is 0 Å². The second kappa shape index (κ2) is 5.57. The van der Waals surface area contributed by atoms with E-state index < -0.39 is 0 Å². The van der Waals surface area contributed by atoms with Gasteiger partial charge in [0.05, 0.1) is 12.8 Å². The van der Waals surface area contributed by atoms with Crippen molar-refractivity contribution in [3.8, 4) is 5.75 Å². The van der Waals surface area contributed by atoms with Crippen LogP contribution in [0.2, 0.25) is 0 Å². The van der Waals surface area contributed by atoms with Crippen molar-refractivity contribution < 1.29 is 9.53 Å². The minimum Gasteiger partial charge on any atom is -0.495 e. The summed E-state index contributed by atoms with van der Waals surface area (Å²) in [6.45, 7) is 1.93. The first-order chi connectivity index (χ1) is 9.17. The number of carbonyl (C=O) groups excluding carboxylic acids is 1. The van der Waals surface area contributed by atoms with Crippen LogP contribution in [-0.4, -0.2) is 20.4 Å². The second-order valence-electron chi connectivity index (χ2n) is 4.39. The number of methoxy groups -OCH3 is 1. The van der Waals surface area contributed by atoms with E-state index in [1.54, 1.807) is 7.11 Å². The molecular weight excluding hydrogens is 238 g/mol. The molecule has 0 saturated heterocycles. The summed E-state index contributed by atoms with van der Waals surface area (Å²) in [6, 6.07) is 13.6. The van der Waals surface area contributed by atoms with Crippen molar-refractivity contribution in [2.24, 2.45) is 0 Å². The van der Waals surface area contributed by atoms with Crippen molar-refractivity contribution in [3.63, 3.8) is 0 Å². The predicted molar refractivity (Wildman–Crippen MR) is 77.6 cm³/mol. The third-order valence-corrected chi connectivity index (χ3v) is 3.21. The van der Waals surface area contributed by atoms with Crippen molar-refractivity contribution >= 4 is 17.7 Å². The minimum absolute atomic E-state index is 0.720. The number of para-hydroxylation sites is 2. The summed E-state index contributed by atoms with van der Waals surface area (Å²) >= 11 is 0. The van der Waals surface area contributed by atoms with Crippen LogP contribution in [-0.2, 0) is 0 Å². The van der Waals surface area contributed by atoms with Gasteiger partial charge >= 0.3 is 0 Å². The molecule has 2 rings (SSSR count). The molecular formula is C16H17NO2. The Morgan fingerprint density at radius 2 is 1.89 bits per heavy atom. The van der Waals surface area contributed by atoms with E-state index in [4.69, 9.17) is 4.74 Å². The fraction of sp³-hybridized carbons (Fsp3) is 0.188. The smallest absolute Gasteiger partial charge is 0.150 e. The number of ether oxygens (including phenoxy) is 1. The van der Waals surface area contributed by atoms with Gasteiger partial charge in [0.15, 0.2) is 0 Å². The zero-order valence-corrected chi connectivity index (χ0v) is 11.4. The Hall–Kier alpha value is -2.29. The fourth-order valence-electron chi connectivity index (χ4n) is 2.05. The number of aldehydes is 1. The summed E-state index contributed by atoms with van der Waals surface area (Å²) < 4.78 is 5.37. The quantitative estimate of drug-likeness (QED) is 0.782. The molecule has 0 unspecified atom stereocenters. The van der Waals surface area contributed by atoms with Gasteiger partial charge in [-0.05, 0) is 42.8 Å². The van der Waals surface area contributed by atoms with Gasteiger partial charge in [0, 0.05) is 18.3 Å². The van der Waals surface area contributed by atoms with Gasteiger partial charge < -0.3 is 9.64 Å². The standard InChI is InChI=1S/C16H17NO2/c1-12-10-14(9-8-13(12)11-18)17(2)15-6-4-5-7-16(15)19-3/h4-11H,1-3H3. The van der Waals surface area contributed by atoms with Gasteiger partial charge in [-0.2, -0.15) is 0 Å². The molecule has 19 heavy (non-hydrogen) atoms. The number of benzene rings is 2. The molecule has 0 heterocycles. The molecule has 3 nitrogen and oxygen atoms in total. The summed E-state index contributed by atoms with van der Waals surface area (Å²) in [7, 11) is 3.64. The summed E-state index contributed by atoms with van der Waals surface area (Å²) in [4.78, 5) is 12.9. The monoisotopic (exact) mass is 255 g/mol. The summed E-state index contributed by atoms with van der Waals surface area (Å²) in [5.41, 5.74) is 3.70. The van der Waals surface area contributed by atoms with E-state index in [0.717, 1.165) is 34.5 Å². The SMILES string of the molecule is COc1ccccc1N(C)c1ccc(C=O)c(C)c1. The van der Waals surface area contributed by atoms with Crippen LogP contribution >= 0.6 is 0 Å². The zero-order chi connectivity index (χ0) is 13.8. The van der Waals surface area contributed by atoms with Crippen molar-refractivity contribution in [2.75, 3.05) is 19.1 Å². The Morgan fingerprint density at radius 1 is 1.16 bits per heavy atom. The van der Waals surface area contributed by atoms with E-state index in [2.05, 4.69) is 0 Å². The first-order valence-electron chi connectivity index (χ1n) is 6.10. The maximum absolute atomic E-state index is 10.8. The largest absolute Gasteiger partial charge is 0.495 e. The number of hydrogen-bond donors (Lipinski definition) is 0. The average molecular weight is 255 g/mol. The van der Waals surface area contributed by atoms with Crippen LogP contribution < -0.4 is 9.64 Å². The van der Waals surface area contributed by atoms with Gasteiger partial charge in [0.25, 0.3) is 0 Å². The molecule has 0 saturated carbocycles. The molecule has 0 fully saturated rings. The molecule has 2 aromatic rings. The van der Waals surface area contributed by atoms with Crippen molar-refractivity contribution in [1.29, 1.82) is 0 Å². The molecule has 0 aromatic heterocycles. The van der Waals surface area contributed by atoms with E-state index >= 15 is 0 Å². The number of nitrogens with zero attached hydrogens (tertiary/aromatic N) is 1. The molecule has 0 N–H and O–H groups in total. The molecule has 0 radical (unpaired) electrons. The molecule has 0 aliphatic heterocycles. The van der Waals surface area contributed by atoms with Crippen LogP contribution in [0.25, 0.3) is 0 Å². The third-order valence-electron chi connectivity index (χ3n) is 3.21. The lowest BCUT2D eigenvalue weighted by molar-refractivity contribution is 0.112. The molecule has 2 aromatic carbocycles. The van der Waals surface area contributed by atoms with E-state index in [-0.39, 0.29) is 0 Å². The van der Waals surface area contributed by atoms with Gasteiger partial charge in [0.2, 0.25) is 0 Å². The van der Waals surface area contributed by atoms with Crippen LogP contribution in [0.4, 0.5) is 11.4 Å². The highest BCUT2D eigenvalue weighted by Gasteiger charge is 2.10. The molecule has 0 bridgehead atoms. The normalized spacial score (nSPS) is 10.1. The summed E-state index contributed by atoms with van der Waals surface area (Å²) in [5.74, 6) is 0.821. The molecule has 0 amide bonds. The molecule has 0 atom stereocenters. The van der Waals surface area contributed by atoms with E-state index in [1.807, 2.05) is 61.3 Å². The highest BCUT2D eigenvalue weighted by Crippen LogP contribution is 2.32. The van der Waals surface area contributed by atoms with Gasteiger partial charge in [-0.25, -0.2) is 0 Å². The van der Waals surface area contributed by atoms with Crippen molar-refractivity contribution in [3.05, 3.63) is 53.6 Å². The lowest BCUT2D eigenvalue weighted by atomic mass is 10.1. The summed E-state index contributed by atoms with van der Waals surface area (Å²) in [5, 5.41) is 0. The molecule has 3 heteroatoms. The van der Waals surface area contributed by atoms with Gasteiger partial charge in [-0.3, -0.25) is 4.79 Å². The first kappa shape index (κ1) is 13.1. The van der Waals surface area contributed by atoms with Gasteiger partial charge in [-0.1, -0.05) is 12.1 Å². The third kappa shape index (κ3) is 2.60. The van der Waals surface area contributed by atoms with Gasteiger partial charge in [0.1, 0.15) is 12.0 Å². The average Bonchev–Trinajstić information content (AvgIpc) is 2.46. The second-order valence-corrected chi connectivity index (χ2v) is 4.39. The Bertz CT molecular complexity index is 593. The number of hydrogen-bond acceptors (Lipinski definition) is 3. The van der Waals surface area contributed by atoms with Crippen molar-refractivity contribution in [2.45, 2.75) is 6.92 Å².